The van der Waals surface area contributed by atoms with Crippen molar-refractivity contribution in [2.45, 2.75) is 33.8 Å². The van der Waals surface area contributed by atoms with E-state index >= 15 is 0 Å². The lowest BCUT2D eigenvalue weighted by atomic mass is 10.1. The maximum absolute atomic E-state index is 5.51. The molecule has 4 heteroatoms. The van der Waals surface area contributed by atoms with Gasteiger partial charge in [-0.05, 0) is 12.8 Å². The zero-order chi connectivity index (χ0) is 9.84. The summed E-state index contributed by atoms with van der Waals surface area (Å²) in [5.74, 6) is 1.51. The van der Waals surface area contributed by atoms with Crippen LogP contribution in [0, 0.1) is 12.8 Å². The first kappa shape index (κ1) is 10.2. The summed E-state index contributed by atoms with van der Waals surface area (Å²) >= 11 is 0. The average molecular weight is 184 g/mol. The summed E-state index contributed by atoms with van der Waals surface area (Å²) in [4.78, 5) is 0. The maximum atomic E-state index is 5.51. The minimum atomic E-state index is -0.0776. The lowest BCUT2D eigenvalue weighted by Gasteiger charge is -2.16. The van der Waals surface area contributed by atoms with Gasteiger partial charge in [-0.3, -0.25) is 0 Å². The van der Waals surface area contributed by atoms with Gasteiger partial charge in [0, 0.05) is 13.5 Å². The second kappa shape index (κ2) is 4.37. The van der Waals surface area contributed by atoms with Crippen LogP contribution in [-0.4, -0.2) is 16.8 Å². The number of nitrogens with zero attached hydrogens (tertiary/aromatic N) is 2. The Labute approximate surface area is 78.3 Å². The Hall–Kier alpha value is -0.900. The highest BCUT2D eigenvalue weighted by Gasteiger charge is 2.21. The van der Waals surface area contributed by atoms with Gasteiger partial charge in [0.05, 0.1) is 0 Å². The summed E-state index contributed by atoms with van der Waals surface area (Å²) in [5, 5.41) is 7.72. The summed E-state index contributed by atoms with van der Waals surface area (Å²) in [7, 11) is 0. The third kappa shape index (κ3) is 2.52. The van der Waals surface area contributed by atoms with Crippen molar-refractivity contribution < 1.29 is 9.15 Å². The van der Waals surface area contributed by atoms with Gasteiger partial charge in [0.2, 0.25) is 11.8 Å². The predicted octanol–water partition coefficient (Wildman–Crippen LogP) is 2.11. The van der Waals surface area contributed by atoms with Crippen molar-refractivity contribution in [3.05, 3.63) is 11.8 Å². The normalized spacial score (nSPS) is 13.6. The van der Waals surface area contributed by atoms with Gasteiger partial charge in [0.1, 0.15) is 6.10 Å². The largest absolute Gasteiger partial charge is 0.423 e. The van der Waals surface area contributed by atoms with E-state index in [-0.39, 0.29) is 6.10 Å². The van der Waals surface area contributed by atoms with Gasteiger partial charge in [-0.15, -0.1) is 10.2 Å². The van der Waals surface area contributed by atoms with Gasteiger partial charge in [-0.2, -0.15) is 0 Å². The average Bonchev–Trinajstić information content (AvgIpc) is 2.46. The van der Waals surface area contributed by atoms with Crippen molar-refractivity contribution in [2.24, 2.45) is 5.92 Å². The van der Waals surface area contributed by atoms with Crippen LogP contribution in [0.25, 0.3) is 0 Å². The molecule has 4 nitrogen and oxygen atoms in total. The van der Waals surface area contributed by atoms with E-state index in [2.05, 4.69) is 24.0 Å². The van der Waals surface area contributed by atoms with Crippen LogP contribution in [0.2, 0.25) is 0 Å². The second-order valence-corrected chi connectivity index (χ2v) is 3.28. The molecular weight excluding hydrogens is 168 g/mol. The fraction of sp³-hybridized carbons (Fsp3) is 0.778. The van der Waals surface area contributed by atoms with E-state index in [1.54, 1.807) is 6.92 Å². The first-order chi connectivity index (χ1) is 6.15. The van der Waals surface area contributed by atoms with Gasteiger partial charge in [0.15, 0.2) is 0 Å². The number of aryl methyl sites for hydroxylation is 1. The van der Waals surface area contributed by atoms with E-state index in [4.69, 9.17) is 9.15 Å². The number of hydrogen-bond donors (Lipinski definition) is 0. The van der Waals surface area contributed by atoms with E-state index in [1.165, 1.54) is 0 Å². The topological polar surface area (TPSA) is 48.2 Å². The summed E-state index contributed by atoms with van der Waals surface area (Å²) in [6, 6.07) is 0. The van der Waals surface area contributed by atoms with Crippen LogP contribution in [-0.2, 0) is 4.74 Å². The fourth-order valence-corrected chi connectivity index (χ4v) is 1.16. The summed E-state index contributed by atoms with van der Waals surface area (Å²) < 4.78 is 10.8. The van der Waals surface area contributed by atoms with Gasteiger partial charge in [-0.1, -0.05) is 13.8 Å². The molecule has 1 rings (SSSR count). The van der Waals surface area contributed by atoms with Crippen LogP contribution in [0.1, 0.15) is 38.7 Å². The van der Waals surface area contributed by atoms with Crippen molar-refractivity contribution in [2.75, 3.05) is 6.61 Å². The highest BCUT2D eigenvalue weighted by Crippen LogP contribution is 2.24. The maximum Gasteiger partial charge on any atom is 0.245 e. The molecular formula is C9H16N2O2. The van der Waals surface area contributed by atoms with Crippen molar-refractivity contribution in [1.29, 1.82) is 0 Å². The first-order valence-electron chi connectivity index (χ1n) is 4.56. The number of ether oxygens (including phenoxy) is 1. The van der Waals surface area contributed by atoms with Gasteiger partial charge in [-0.25, -0.2) is 0 Å². The number of hydrogen-bond acceptors (Lipinski definition) is 4. The third-order valence-corrected chi connectivity index (χ3v) is 1.74. The van der Waals surface area contributed by atoms with E-state index in [9.17, 15) is 0 Å². The zero-order valence-electron chi connectivity index (χ0n) is 8.57. The molecule has 0 saturated heterocycles. The minimum Gasteiger partial charge on any atom is -0.423 e. The van der Waals surface area contributed by atoms with Crippen molar-refractivity contribution in [3.8, 4) is 0 Å². The van der Waals surface area contributed by atoms with Crippen LogP contribution in [0.3, 0.4) is 0 Å². The third-order valence-electron chi connectivity index (χ3n) is 1.74. The monoisotopic (exact) mass is 184 g/mol. The molecule has 0 spiro atoms. The van der Waals surface area contributed by atoms with E-state index < -0.39 is 0 Å². The second-order valence-electron chi connectivity index (χ2n) is 3.28. The molecule has 0 aliphatic rings. The summed E-state index contributed by atoms with van der Waals surface area (Å²) in [5.41, 5.74) is 0. The van der Waals surface area contributed by atoms with Crippen molar-refractivity contribution in [3.63, 3.8) is 0 Å². The smallest absolute Gasteiger partial charge is 0.245 e. The van der Waals surface area contributed by atoms with E-state index in [0.29, 0.717) is 24.3 Å². The SMILES string of the molecule is CCOC(c1nnc(C)o1)C(C)C. The Morgan fingerprint density at radius 1 is 1.38 bits per heavy atom. The highest BCUT2D eigenvalue weighted by atomic mass is 16.5. The minimum absolute atomic E-state index is 0.0776. The van der Waals surface area contributed by atoms with E-state index in [1.807, 2.05) is 6.92 Å². The molecule has 13 heavy (non-hydrogen) atoms. The predicted molar refractivity (Wildman–Crippen MR) is 48.2 cm³/mol. The standard InChI is InChI=1S/C9H16N2O2/c1-5-12-8(6(2)3)9-11-10-7(4)13-9/h6,8H,5H2,1-4H3. The van der Waals surface area contributed by atoms with E-state index in [0.717, 1.165) is 0 Å². The van der Waals surface area contributed by atoms with Crippen LogP contribution < -0.4 is 0 Å². The lowest BCUT2D eigenvalue weighted by Crippen LogP contribution is -2.11. The molecule has 0 radical (unpaired) electrons. The molecule has 0 fully saturated rings. The molecule has 0 aliphatic heterocycles. The molecule has 0 bridgehead atoms. The Morgan fingerprint density at radius 2 is 2.08 bits per heavy atom. The zero-order valence-corrected chi connectivity index (χ0v) is 8.57. The number of aromatic nitrogens is 2. The highest BCUT2D eigenvalue weighted by molar-refractivity contribution is 4.86. The van der Waals surface area contributed by atoms with Crippen LogP contribution in [0.5, 0.6) is 0 Å². The first-order valence-corrected chi connectivity index (χ1v) is 4.56. The Kier molecular flexibility index (Phi) is 3.42. The molecule has 0 saturated carbocycles. The molecule has 0 amide bonds. The van der Waals surface area contributed by atoms with Crippen molar-refractivity contribution >= 4 is 0 Å². The molecule has 1 aromatic rings. The fourth-order valence-electron chi connectivity index (χ4n) is 1.16. The Bertz CT molecular complexity index is 258. The van der Waals surface area contributed by atoms with Crippen LogP contribution in [0.4, 0.5) is 0 Å². The summed E-state index contributed by atoms with van der Waals surface area (Å²) in [6.45, 7) is 8.53. The quantitative estimate of drug-likeness (QED) is 0.719. The molecule has 1 atom stereocenters. The molecule has 1 heterocycles. The van der Waals surface area contributed by atoms with Crippen LogP contribution in [0.15, 0.2) is 4.42 Å². The Morgan fingerprint density at radius 3 is 2.46 bits per heavy atom. The van der Waals surface area contributed by atoms with Crippen molar-refractivity contribution in [1.82, 2.24) is 10.2 Å². The molecule has 0 aromatic carbocycles. The lowest BCUT2D eigenvalue weighted by molar-refractivity contribution is 0.0101. The number of rotatable bonds is 4. The molecule has 1 aromatic heterocycles. The summed E-state index contributed by atoms with van der Waals surface area (Å²) in [6.07, 6.45) is -0.0776. The van der Waals surface area contributed by atoms with Gasteiger partial charge >= 0.3 is 0 Å². The molecule has 0 N–H and O–H groups in total. The molecule has 1 unspecified atom stereocenters. The molecule has 74 valence electrons. The van der Waals surface area contributed by atoms with Crippen LogP contribution >= 0.6 is 0 Å². The molecule has 0 aliphatic carbocycles. The van der Waals surface area contributed by atoms with Gasteiger partial charge in [0.25, 0.3) is 0 Å². The van der Waals surface area contributed by atoms with Gasteiger partial charge < -0.3 is 9.15 Å². The Balaban J connectivity index is 2.75.